The van der Waals surface area contributed by atoms with E-state index in [1.54, 1.807) is 31.2 Å². The second-order valence-corrected chi connectivity index (χ2v) is 5.18. The number of nitrogens with zero attached hydrogens (tertiary/aromatic N) is 2. The highest BCUT2D eigenvalue weighted by atomic mass is 16.5. The summed E-state index contributed by atoms with van der Waals surface area (Å²) in [6.45, 7) is 3.44. The molecule has 7 heteroatoms. The third-order valence-corrected chi connectivity index (χ3v) is 2.97. The molecule has 0 aliphatic heterocycles. The molecule has 1 amide bonds. The summed E-state index contributed by atoms with van der Waals surface area (Å²) in [6.07, 6.45) is 1.39. The highest BCUT2D eigenvalue weighted by molar-refractivity contribution is 6.06. The fourth-order valence-corrected chi connectivity index (χ4v) is 1.71. The van der Waals surface area contributed by atoms with E-state index < -0.39 is 11.9 Å². The van der Waals surface area contributed by atoms with E-state index in [9.17, 15) is 9.59 Å². The van der Waals surface area contributed by atoms with Gasteiger partial charge in [-0.3, -0.25) is 4.79 Å². The molecule has 0 saturated carbocycles. The molecule has 128 valence electrons. The Kier molecular flexibility index (Phi) is 8.02. The summed E-state index contributed by atoms with van der Waals surface area (Å²) in [4.78, 5) is 25.6. The second kappa shape index (κ2) is 10.0. The molecular weight excluding hydrogens is 308 g/mol. The Morgan fingerprint density at radius 3 is 2.50 bits per heavy atom. The van der Waals surface area contributed by atoms with Crippen LogP contribution in [-0.4, -0.2) is 50.6 Å². The summed E-state index contributed by atoms with van der Waals surface area (Å²) < 4.78 is 4.89. The Morgan fingerprint density at radius 2 is 1.96 bits per heavy atom. The van der Waals surface area contributed by atoms with Crippen LogP contribution in [-0.2, 0) is 9.53 Å². The predicted molar refractivity (Wildman–Crippen MR) is 91.3 cm³/mol. The minimum Gasteiger partial charge on any atom is -0.462 e. The van der Waals surface area contributed by atoms with E-state index in [4.69, 9.17) is 10.00 Å². The number of carbonyl (C=O) groups is 2. The Balaban J connectivity index is 2.63. The van der Waals surface area contributed by atoms with Crippen LogP contribution in [0.2, 0.25) is 0 Å². The number of benzene rings is 1. The van der Waals surface area contributed by atoms with Gasteiger partial charge in [0.15, 0.2) is 0 Å². The molecule has 0 atom stereocenters. The molecule has 1 aromatic carbocycles. The van der Waals surface area contributed by atoms with E-state index in [-0.39, 0.29) is 5.57 Å². The zero-order valence-corrected chi connectivity index (χ0v) is 14.1. The third kappa shape index (κ3) is 6.50. The van der Waals surface area contributed by atoms with E-state index in [0.717, 1.165) is 6.54 Å². The summed E-state index contributed by atoms with van der Waals surface area (Å²) in [7, 11) is 3.87. The molecule has 7 nitrogen and oxygen atoms in total. The molecule has 0 bridgehead atoms. The maximum atomic E-state index is 12.0. The fourth-order valence-electron chi connectivity index (χ4n) is 1.71. The zero-order chi connectivity index (χ0) is 17.9. The number of amides is 1. The van der Waals surface area contributed by atoms with Crippen molar-refractivity contribution in [1.82, 2.24) is 10.2 Å². The number of carbonyl (C=O) groups excluding carboxylic acids is 2. The Morgan fingerprint density at radius 1 is 1.29 bits per heavy atom. The molecule has 0 aromatic heterocycles. The second-order valence-electron chi connectivity index (χ2n) is 5.18. The number of nitriles is 1. The number of likely N-dealkylation sites (N-methyl/N-ethyl adjacent to an activating group) is 1. The molecule has 1 rings (SSSR count). The Bertz CT molecular complexity index is 630. The Labute approximate surface area is 141 Å². The number of nitrogens with one attached hydrogen (secondary N) is 2. The van der Waals surface area contributed by atoms with Crippen LogP contribution >= 0.6 is 0 Å². The maximum absolute atomic E-state index is 12.0. The van der Waals surface area contributed by atoms with Crippen LogP contribution in [0.4, 0.5) is 5.69 Å². The topological polar surface area (TPSA) is 94.5 Å². The lowest BCUT2D eigenvalue weighted by Crippen LogP contribution is -2.24. The lowest BCUT2D eigenvalue weighted by atomic mass is 10.2. The number of hydrogen-bond donors (Lipinski definition) is 2. The number of anilines is 1. The van der Waals surface area contributed by atoms with Gasteiger partial charge < -0.3 is 20.3 Å². The van der Waals surface area contributed by atoms with Gasteiger partial charge in [0.1, 0.15) is 11.6 Å². The lowest BCUT2D eigenvalue weighted by Gasteiger charge is -2.09. The van der Waals surface area contributed by atoms with Gasteiger partial charge in [-0.1, -0.05) is 0 Å². The zero-order valence-electron chi connectivity index (χ0n) is 14.1. The van der Waals surface area contributed by atoms with E-state index in [0.29, 0.717) is 24.4 Å². The van der Waals surface area contributed by atoms with Gasteiger partial charge in [-0.05, 0) is 45.3 Å². The number of rotatable bonds is 8. The van der Waals surface area contributed by atoms with Crippen LogP contribution in [0.15, 0.2) is 36.0 Å². The molecule has 24 heavy (non-hydrogen) atoms. The van der Waals surface area contributed by atoms with Gasteiger partial charge in [0.05, 0.1) is 12.2 Å². The highest BCUT2D eigenvalue weighted by Gasteiger charge is 2.10. The maximum Gasteiger partial charge on any atom is 0.338 e. The van der Waals surface area contributed by atoms with Gasteiger partial charge in [-0.25, -0.2) is 4.79 Å². The standard InChI is InChI=1S/C17H22N4O3/c1-4-24-17(23)13-5-7-15(8-6-13)20-16(22)14(11-18)12-19-9-10-21(2)3/h5-8,12,19H,4,9-10H2,1-3H3,(H,20,22)/b14-12-. The molecule has 0 spiro atoms. The molecule has 0 aliphatic rings. The van der Waals surface area contributed by atoms with Crippen molar-refractivity contribution in [2.75, 3.05) is 39.1 Å². The smallest absolute Gasteiger partial charge is 0.338 e. The molecule has 1 aromatic rings. The van der Waals surface area contributed by atoms with Crippen molar-refractivity contribution >= 4 is 17.6 Å². The van der Waals surface area contributed by atoms with Crippen LogP contribution in [0.3, 0.4) is 0 Å². The first-order valence-corrected chi connectivity index (χ1v) is 7.54. The first-order chi connectivity index (χ1) is 11.5. The average molecular weight is 330 g/mol. The minimum atomic E-state index is -0.515. The van der Waals surface area contributed by atoms with Gasteiger partial charge in [0.25, 0.3) is 5.91 Å². The van der Waals surface area contributed by atoms with E-state index in [2.05, 4.69) is 10.6 Å². The summed E-state index contributed by atoms with van der Waals surface area (Å²) in [5.74, 6) is -0.934. The summed E-state index contributed by atoms with van der Waals surface area (Å²) in [5.41, 5.74) is 0.863. The normalized spacial score (nSPS) is 10.9. The first-order valence-electron chi connectivity index (χ1n) is 7.54. The predicted octanol–water partition coefficient (Wildman–Crippen LogP) is 1.36. The number of hydrogen-bond acceptors (Lipinski definition) is 6. The summed E-state index contributed by atoms with van der Waals surface area (Å²) in [6, 6.07) is 8.13. The van der Waals surface area contributed by atoms with Gasteiger partial charge in [0, 0.05) is 25.0 Å². The van der Waals surface area contributed by atoms with E-state index >= 15 is 0 Å². The first kappa shape index (κ1) is 19.2. The molecule has 2 N–H and O–H groups in total. The minimum absolute atomic E-state index is 0.0248. The van der Waals surface area contributed by atoms with Crippen LogP contribution in [0.25, 0.3) is 0 Å². The van der Waals surface area contributed by atoms with Crippen LogP contribution in [0, 0.1) is 11.3 Å². The van der Waals surface area contributed by atoms with Crippen LogP contribution < -0.4 is 10.6 Å². The summed E-state index contributed by atoms with van der Waals surface area (Å²) in [5, 5.41) is 14.6. The molecule has 0 unspecified atom stereocenters. The Hall–Kier alpha value is -2.85. The number of esters is 1. The van der Waals surface area contributed by atoms with Crippen molar-refractivity contribution in [3.8, 4) is 6.07 Å². The van der Waals surface area contributed by atoms with Gasteiger partial charge >= 0.3 is 5.97 Å². The molecule has 0 saturated heterocycles. The van der Waals surface area contributed by atoms with Gasteiger partial charge in [-0.15, -0.1) is 0 Å². The quantitative estimate of drug-likeness (QED) is 0.323. The van der Waals surface area contributed by atoms with Crippen LogP contribution in [0.5, 0.6) is 0 Å². The molecule has 0 aliphatic carbocycles. The van der Waals surface area contributed by atoms with Crippen molar-refractivity contribution in [3.05, 3.63) is 41.6 Å². The fraction of sp³-hybridized carbons (Fsp3) is 0.353. The number of ether oxygens (including phenoxy) is 1. The van der Waals surface area contributed by atoms with Gasteiger partial charge in [0.2, 0.25) is 0 Å². The lowest BCUT2D eigenvalue weighted by molar-refractivity contribution is -0.112. The average Bonchev–Trinajstić information content (AvgIpc) is 2.55. The van der Waals surface area contributed by atoms with E-state index in [1.807, 2.05) is 25.1 Å². The van der Waals surface area contributed by atoms with Crippen molar-refractivity contribution in [2.24, 2.45) is 0 Å². The van der Waals surface area contributed by atoms with E-state index in [1.165, 1.54) is 6.20 Å². The third-order valence-electron chi connectivity index (χ3n) is 2.97. The van der Waals surface area contributed by atoms with Crippen LogP contribution in [0.1, 0.15) is 17.3 Å². The molecule has 0 radical (unpaired) electrons. The van der Waals surface area contributed by atoms with Crippen molar-refractivity contribution in [3.63, 3.8) is 0 Å². The van der Waals surface area contributed by atoms with Crippen molar-refractivity contribution in [1.29, 1.82) is 5.26 Å². The monoisotopic (exact) mass is 330 g/mol. The molecular formula is C17H22N4O3. The van der Waals surface area contributed by atoms with Crippen molar-refractivity contribution < 1.29 is 14.3 Å². The van der Waals surface area contributed by atoms with Crippen molar-refractivity contribution in [2.45, 2.75) is 6.92 Å². The highest BCUT2D eigenvalue weighted by Crippen LogP contribution is 2.11. The molecule has 0 fully saturated rings. The molecule has 0 heterocycles. The van der Waals surface area contributed by atoms with Gasteiger partial charge in [-0.2, -0.15) is 5.26 Å². The summed E-state index contributed by atoms with van der Waals surface area (Å²) >= 11 is 0. The largest absolute Gasteiger partial charge is 0.462 e. The SMILES string of the molecule is CCOC(=O)c1ccc(NC(=O)/C(C#N)=C\NCCN(C)C)cc1.